The minimum absolute atomic E-state index is 0. The van der Waals surface area contributed by atoms with Crippen molar-refractivity contribution >= 4 is 24.1 Å². The molecule has 0 amide bonds. The van der Waals surface area contributed by atoms with Crippen LogP contribution in [-0.4, -0.2) is 38.8 Å². The summed E-state index contributed by atoms with van der Waals surface area (Å²) in [6.45, 7) is 1.43. The summed E-state index contributed by atoms with van der Waals surface area (Å²) in [6, 6.07) is 7.86. The van der Waals surface area contributed by atoms with Gasteiger partial charge in [-0.25, -0.2) is 0 Å². The predicted octanol–water partition coefficient (Wildman–Crippen LogP) is 1.59. The number of benzene rings is 1. The molecule has 6 heteroatoms. The number of hydrogen-bond acceptors (Lipinski definition) is 5. The molecule has 0 aliphatic carbocycles. The first-order chi connectivity index (χ1) is 9.10. The highest BCUT2D eigenvalue weighted by molar-refractivity contribution is 5.85. The van der Waals surface area contributed by atoms with E-state index in [0.29, 0.717) is 25.9 Å². The molecule has 0 aromatic heterocycles. The third-order valence-corrected chi connectivity index (χ3v) is 3.67. The molecule has 1 fully saturated rings. The molecule has 0 spiro atoms. The van der Waals surface area contributed by atoms with E-state index in [4.69, 9.17) is 15.2 Å². The number of para-hydroxylation sites is 2. The van der Waals surface area contributed by atoms with Crippen LogP contribution in [0.15, 0.2) is 24.3 Å². The first kappa shape index (κ1) is 16.6. The highest BCUT2D eigenvalue weighted by atomic mass is 35.5. The molecule has 112 valence electrons. The average molecular weight is 301 g/mol. The molecule has 20 heavy (non-hydrogen) atoms. The zero-order valence-electron chi connectivity index (χ0n) is 11.8. The number of anilines is 1. The van der Waals surface area contributed by atoms with Crippen LogP contribution in [0.4, 0.5) is 5.69 Å². The zero-order chi connectivity index (χ0) is 13.9. The summed E-state index contributed by atoms with van der Waals surface area (Å²) in [5, 5.41) is 0. The van der Waals surface area contributed by atoms with Gasteiger partial charge in [0, 0.05) is 13.1 Å². The Kier molecular flexibility index (Phi) is 5.65. The van der Waals surface area contributed by atoms with Crippen LogP contribution >= 0.6 is 12.4 Å². The fourth-order valence-electron chi connectivity index (χ4n) is 2.45. The summed E-state index contributed by atoms with van der Waals surface area (Å²) >= 11 is 0. The second-order valence-corrected chi connectivity index (χ2v) is 4.81. The molecule has 2 rings (SSSR count). The van der Waals surface area contributed by atoms with E-state index in [1.54, 1.807) is 7.11 Å². The second kappa shape index (κ2) is 6.81. The van der Waals surface area contributed by atoms with Gasteiger partial charge in [-0.1, -0.05) is 12.1 Å². The van der Waals surface area contributed by atoms with Crippen LogP contribution < -0.4 is 15.4 Å². The van der Waals surface area contributed by atoms with Gasteiger partial charge in [0.05, 0.1) is 19.9 Å². The van der Waals surface area contributed by atoms with Crippen LogP contribution in [0.2, 0.25) is 0 Å². The van der Waals surface area contributed by atoms with Crippen molar-refractivity contribution < 1.29 is 14.3 Å². The van der Waals surface area contributed by atoms with Crippen molar-refractivity contribution in [1.29, 1.82) is 0 Å². The van der Waals surface area contributed by atoms with E-state index in [1.807, 2.05) is 24.3 Å². The smallest absolute Gasteiger partial charge is 0.325 e. The Balaban J connectivity index is 0.00000200. The van der Waals surface area contributed by atoms with Gasteiger partial charge in [0.25, 0.3) is 0 Å². The summed E-state index contributed by atoms with van der Waals surface area (Å²) in [5.74, 6) is 0.511. The molecule has 1 saturated heterocycles. The van der Waals surface area contributed by atoms with Crippen LogP contribution in [-0.2, 0) is 9.53 Å². The maximum absolute atomic E-state index is 11.7. The van der Waals surface area contributed by atoms with Crippen molar-refractivity contribution in [3.05, 3.63) is 24.3 Å². The molecule has 1 aliphatic rings. The maximum Gasteiger partial charge on any atom is 0.325 e. The van der Waals surface area contributed by atoms with E-state index < -0.39 is 5.54 Å². The number of rotatable bonds is 3. The van der Waals surface area contributed by atoms with Gasteiger partial charge in [0.15, 0.2) is 0 Å². The van der Waals surface area contributed by atoms with Crippen molar-refractivity contribution in [3.8, 4) is 5.75 Å². The van der Waals surface area contributed by atoms with Gasteiger partial charge in [0.1, 0.15) is 11.3 Å². The van der Waals surface area contributed by atoms with Gasteiger partial charge in [-0.2, -0.15) is 0 Å². The summed E-state index contributed by atoms with van der Waals surface area (Å²) in [5.41, 5.74) is 6.28. The molecule has 1 heterocycles. The first-order valence-corrected chi connectivity index (χ1v) is 6.36. The maximum atomic E-state index is 11.7. The molecule has 0 saturated carbocycles. The van der Waals surface area contributed by atoms with Crippen molar-refractivity contribution in [2.45, 2.75) is 18.4 Å². The fraction of sp³-hybridized carbons (Fsp3) is 0.500. The number of esters is 1. The largest absolute Gasteiger partial charge is 0.495 e. The highest BCUT2D eigenvalue weighted by Crippen LogP contribution is 2.32. The molecular weight excluding hydrogens is 280 g/mol. The fourth-order valence-corrected chi connectivity index (χ4v) is 2.45. The number of carbonyl (C=O) groups excluding carboxylic acids is 1. The Morgan fingerprint density at radius 2 is 1.85 bits per heavy atom. The van der Waals surface area contributed by atoms with Gasteiger partial charge in [-0.15, -0.1) is 12.4 Å². The lowest BCUT2D eigenvalue weighted by Crippen LogP contribution is -2.56. The normalized spacial score (nSPS) is 17.1. The number of nitrogens with zero attached hydrogens (tertiary/aromatic N) is 1. The predicted molar refractivity (Wildman–Crippen MR) is 80.6 cm³/mol. The Morgan fingerprint density at radius 1 is 1.25 bits per heavy atom. The minimum atomic E-state index is -0.854. The molecule has 0 unspecified atom stereocenters. The van der Waals surface area contributed by atoms with Gasteiger partial charge >= 0.3 is 5.97 Å². The number of carbonyl (C=O) groups is 1. The van der Waals surface area contributed by atoms with E-state index in [-0.39, 0.29) is 18.4 Å². The van der Waals surface area contributed by atoms with Crippen LogP contribution in [0, 0.1) is 0 Å². The number of halogens is 1. The molecule has 0 bridgehead atoms. The summed E-state index contributed by atoms with van der Waals surface area (Å²) < 4.78 is 10.1. The quantitative estimate of drug-likeness (QED) is 0.859. The molecule has 0 atom stereocenters. The van der Waals surface area contributed by atoms with Crippen molar-refractivity contribution in [1.82, 2.24) is 0 Å². The highest BCUT2D eigenvalue weighted by Gasteiger charge is 2.39. The van der Waals surface area contributed by atoms with Crippen LogP contribution in [0.1, 0.15) is 12.8 Å². The monoisotopic (exact) mass is 300 g/mol. The molecule has 5 nitrogen and oxygen atoms in total. The lowest BCUT2D eigenvalue weighted by molar-refractivity contribution is -0.147. The van der Waals surface area contributed by atoms with E-state index in [1.165, 1.54) is 7.11 Å². The molecule has 1 aromatic rings. The minimum Gasteiger partial charge on any atom is -0.495 e. The Morgan fingerprint density at radius 3 is 2.40 bits per heavy atom. The number of nitrogens with two attached hydrogens (primary N) is 1. The van der Waals surface area contributed by atoms with Crippen LogP contribution in [0.3, 0.4) is 0 Å². The lowest BCUT2D eigenvalue weighted by atomic mass is 9.88. The lowest BCUT2D eigenvalue weighted by Gasteiger charge is -2.38. The van der Waals surface area contributed by atoms with E-state index in [9.17, 15) is 4.79 Å². The third kappa shape index (κ3) is 3.16. The topological polar surface area (TPSA) is 64.8 Å². The van der Waals surface area contributed by atoms with E-state index in [0.717, 1.165) is 11.4 Å². The van der Waals surface area contributed by atoms with Gasteiger partial charge in [0.2, 0.25) is 0 Å². The number of hydrogen-bond donors (Lipinski definition) is 1. The summed E-state index contributed by atoms with van der Waals surface area (Å²) in [7, 11) is 3.04. The van der Waals surface area contributed by atoms with Crippen molar-refractivity contribution in [2.24, 2.45) is 5.73 Å². The third-order valence-electron chi connectivity index (χ3n) is 3.67. The van der Waals surface area contributed by atoms with Gasteiger partial charge < -0.3 is 20.1 Å². The molecule has 2 N–H and O–H groups in total. The standard InChI is InChI=1S/C14H20N2O3.ClH/c1-18-12-6-4-3-5-11(12)16-9-7-14(15,8-10-16)13(17)19-2;/h3-6H,7-10,15H2,1-2H3;1H. The molecule has 1 aromatic carbocycles. The van der Waals surface area contributed by atoms with Crippen molar-refractivity contribution in [2.75, 3.05) is 32.2 Å². The Bertz CT molecular complexity index is 459. The van der Waals surface area contributed by atoms with E-state index in [2.05, 4.69) is 4.90 Å². The van der Waals surface area contributed by atoms with Gasteiger partial charge in [-0.05, 0) is 25.0 Å². The number of piperidine rings is 1. The van der Waals surface area contributed by atoms with Gasteiger partial charge in [-0.3, -0.25) is 4.79 Å². The second-order valence-electron chi connectivity index (χ2n) is 4.81. The van der Waals surface area contributed by atoms with Crippen molar-refractivity contribution in [3.63, 3.8) is 0 Å². The van der Waals surface area contributed by atoms with Crippen LogP contribution in [0.25, 0.3) is 0 Å². The summed E-state index contributed by atoms with van der Waals surface area (Å²) in [4.78, 5) is 13.9. The Hall–Kier alpha value is -1.46. The SMILES string of the molecule is COC(=O)C1(N)CCN(c2ccccc2OC)CC1.Cl. The summed E-state index contributed by atoms with van der Waals surface area (Å²) in [6.07, 6.45) is 1.16. The number of methoxy groups -OCH3 is 2. The Labute approximate surface area is 125 Å². The average Bonchev–Trinajstić information content (AvgIpc) is 2.47. The number of ether oxygens (including phenoxy) is 2. The molecule has 1 aliphatic heterocycles. The zero-order valence-corrected chi connectivity index (χ0v) is 12.6. The van der Waals surface area contributed by atoms with Crippen LogP contribution in [0.5, 0.6) is 5.75 Å². The molecule has 0 radical (unpaired) electrons. The molecular formula is C14H21ClN2O3. The first-order valence-electron chi connectivity index (χ1n) is 6.36. The van der Waals surface area contributed by atoms with E-state index >= 15 is 0 Å².